The van der Waals surface area contributed by atoms with E-state index in [9.17, 15) is 4.79 Å². The first kappa shape index (κ1) is 11.6. The Morgan fingerprint density at radius 1 is 1.47 bits per heavy atom. The first-order chi connectivity index (χ1) is 8.20. The van der Waals surface area contributed by atoms with Crippen LogP contribution in [0.15, 0.2) is 24.3 Å². The highest BCUT2D eigenvalue weighted by Crippen LogP contribution is 2.15. The highest BCUT2D eigenvalue weighted by Gasteiger charge is 2.12. The molecule has 2 aromatic rings. The van der Waals surface area contributed by atoms with Gasteiger partial charge >= 0.3 is 0 Å². The van der Waals surface area contributed by atoms with Crippen molar-refractivity contribution in [3.05, 3.63) is 30.1 Å². The molecule has 0 saturated carbocycles. The van der Waals surface area contributed by atoms with Crippen molar-refractivity contribution < 1.29 is 4.79 Å². The lowest BCUT2D eigenvalue weighted by atomic mass is 10.2. The van der Waals surface area contributed by atoms with Crippen molar-refractivity contribution in [2.75, 3.05) is 0 Å². The predicted molar refractivity (Wildman–Crippen MR) is 67.6 cm³/mol. The number of nitrogens with one attached hydrogen (secondary N) is 2. The molecule has 2 rings (SSSR count). The van der Waals surface area contributed by atoms with E-state index in [1.165, 1.54) is 0 Å². The second kappa shape index (κ2) is 4.99. The molecule has 0 aliphatic heterocycles. The number of rotatable bonds is 4. The molecule has 0 saturated heterocycles. The maximum atomic E-state index is 11.5. The van der Waals surface area contributed by atoms with E-state index in [0.717, 1.165) is 23.3 Å². The Bertz CT molecular complexity index is 485. The zero-order chi connectivity index (χ0) is 12.3. The maximum Gasteiger partial charge on any atom is 0.220 e. The van der Waals surface area contributed by atoms with Crippen molar-refractivity contribution in [3.8, 4) is 0 Å². The van der Waals surface area contributed by atoms with Crippen LogP contribution in [0.5, 0.6) is 0 Å². The smallest absolute Gasteiger partial charge is 0.220 e. The van der Waals surface area contributed by atoms with Gasteiger partial charge in [-0.25, -0.2) is 4.98 Å². The summed E-state index contributed by atoms with van der Waals surface area (Å²) in [6.45, 7) is 3.93. The predicted octanol–water partition coefficient (Wildman–Crippen LogP) is 2.54. The van der Waals surface area contributed by atoms with E-state index in [1.54, 1.807) is 0 Å². The molecule has 4 heteroatoms. The van der Waals surface area contributed by atoms with Crippen molar-refractivity contribution in [1.29, 1.82) is 0 Å². The number of H-pyrrole nitrogens is 1. The van der Waals surface area contributed by atoms with Gasteiger partial charge in [-0.05, 0) is 25.5 Å². The van der Waals surface area contributed by atoms with Crippen LogP contribution in [0.2, 0.25) is 0 Å². The van der Waals surface area contributed by atoms with Crippen LogP contribution >= 0.6 is 0 Å². The number of benzene rings is 1. The number of carbonyl (C=O) groups excluding carboxylic acids is 1. The van der Waals surface area contributed by atoms with E-state index >= 15 is 0 Å². The van der Waals surface area contributed by atoms with Gasteiger partial charge in [0.25, 0.3) is 0 Å². The number of imidazole rings is 1. The molecule has 1 atom stereocenters. The Kier molecular flexibility index (Phi) is 3.42. The molecular weight excluding hydrogens is 214 g/mol. The third kappa shape index (κ3) is 2.64. The summed E-state index contributed by atoms with van der Waals surface area (Å²) in [6, 6.07) is 7.77. The van der Waals surface area contributed by atoms with Crippen molar-refractivity contribution in [3.63, 3.8) is 0 Å². The Balaban J connectivity index is 2.13. The minimum Gasteiger partial charge on any atom is -0.346 e. The molecule has 1 aromatic carbocycles. The molecule has 1 heterocycles. The molecule has 4 nitrogen and oxygen atoms in total. The summed E-state index contributed by atoms with van der Waals surface area (Å²) in [5.41, 5.74) is 1.93. The molecule has 2 N–H and O–H groups in total. The number of aromatic amines is 1. The lowest BCUT2D eigenvalue weighted by Crippen LogP contribution is -2.26. The minimum absolute atomic E-state index is 0.0699. The van der Waals surface area contributed by atoms with E-state index in [2.05, 4.69) is 15.3 Å². The van der Waals surface area contributed by atoms with Crippen LogP contribution in [0.1, 0.15) is 38.6 Å². The molecule has 1 amide bonds. The van der Waals surface area contributed by atoms with Crippen LogP contribution in [0.25, 0.3) is 11.0 Å². The van der Waals surface area contributed by atoms with Crippen LogP contribution in [0.3, 0.4) is 0 Å². The van der Waals surface area contributed by atoms with Crippen molar-refractivity contribution in [1.82, 2.24) is 15.3 Å². The molecule has 17 heavy (non-hydrogen) atoms. The van der Waals surface area contributed by atoms with Gasteiger partial charge in [0.2, 0.25) is 5.91 Å². The van der Waals surface area contributed by atoms with E-state index in [4.69, 9.17) is 0 Å². The first-order valence-electron chi connectivity index (χ1n) is 5.94. The van der Waals surface area contributed by atoms with Gasteiger partial charge in [-0.15, -0.1) is 0 Å². The number of hydrogen-bond donors (Lipinski definition) is 2. The summed E-state index contributed by atoms with van der Waals surface area (Å²) >= 11 is 0. The third-order valence-electron chi connectivity index (χ3n) is 2.67. The fourth-order valence-electron chi connectivity index (χ4n) is 1.79. The average molecular weight is 231 g/mol. The molecule has 90 valence electrons. The van der Waals surface area contributed by atoms with Gasteiger partial charge in [-0.2, -0.15) is 0 Å². The van der Waals surface area contributed by atoms with Gasteiger partial charge in [-0.3, -0.25) is 4.79 Å². The lowest BCUT2D eigenvalue weighted by Gasteiger charge is -2.10. The number of hydrogen-bond acceptors (Lipinski definition) is 2. The number of aromatic nitrogens is 2. The fourth-order valence-corrected chi connectivity index (χ4v) is 1.79. The number of fused-ring (bicyclic) bond motifs is 1. The van der Waals surface area contributed by atoms with Crippen LogP contribution < -0.4 is 5.32 Å². The second-order valence-electron chi connectivity index (χ2n) is 4.18. The number of para-hydroxylation sites is 2. The topological polar surface area (TPSA) is 57.8 Å². The Hall–Kier alpha value is -1.84. The van der Waals surface area contributed by atoms with Gasteiger partial charge in [0, 0.05) is 6.42 Å². The van der Waals surface area contributed by atoms with Crippen molar-refractivity contribution in [2.45, 2.75) is 32.7 Å². The molecule has 0 fully saturated rings. The molecule has 0 aliphatic carbocycles. The standard InChI is InChI=1S/C13H17N3O/c1-3-6-12(17)14-9(2)13-15-10-7-4-5-8-11(10)16-13/h4-5,7-9H,3,6H2,1-2H3,(H,14,17)(H,15,16). The summed E-state index contributed by atoms with van der Waals surface area (Å²) in [5.74, 6) is 0.871. The summed E-state index contributed by atoms with van der Waals surface area (Å²) < 4.78 is 0. The zero-order valence-corrected chi connectivity index (χ0v) is 10.2. The second-order valence-corrected chi connectivity index (χ2v) is 4.18. The summed E-state index contributed by atoms with van der Waals surface area (Å²) in [7, 11) is 0. The fraction of sp³-hybridized carbons (Fsp3) is 0.385. The largest absolute Gasteiger partial charge is 0.346 e. The quantitative estimate of drug-likeness (QED) is 0.849. The zero-order valence-electron chi connectivity index (χ0n) is 10.2. The van der Waals surface area contributed by atoms with E-state index in [1.807, 2.05) is 38.1 Å². The number of amides is 1. The average Bonchev–Trinajstić information content (AvgIpc) is 2.72. The third-order valence-corrected chi connectivity index (χ3v) is 2.67. The molecule has 0 bridgehead atoms. The van der Waals surface area contributed by atoms with Gasteiger partial charge in [0.05, 0.1) is 17.1 Å². The number of carbonyl (C=O) groups is 1. The summed E-state index contributed by atoms with van der Waals surface area (Å²) in [5, 5.41) is 2.93. The van der Waals surface area contributed by atoms with E-state index in [0.29, 0.717) is 6.42 Å². The molecule has 1 aromatic heterocycles. The number of nitrogens with zero attached hydrogens (tertiary/aromatic N) is 1. The normalized spacial score (nSPS) is 12.6. The highest BCUT2D eigenvalue weighted by molar-refractivity contribution is 5.77. The Morgan fingerprint density at radius 3 is 2.94 bits per heavy atom. The van der Waals surface area contributed by atoms with Gasteiger partial charge < -0.3 is 10.3 Å². The highest BCUT2D eigenvalue weighted by atomic mass is 16.1. The molecule has 0 aliphatic rings. The maximum absolute atomic E-state index is 11.5. The molecule has 1 unspecified atom stereocenters. The van der Waals surface area contributed by atoms with Gasteiger partial charge in [-0.1, -0.05) is 19.1 Å². The van der Waals surface area contributed by atoms with E-state index < -0.39 is 0 Å². The summed E-state index contributed by atoms with van der Waals surface area (Å²) in [4.78, 5) is 19.2. The van der Waals surface area contributed by atoms with Gasteiger partial charge in [0.15, 0.2) is 0 Å². The monoisotopic (exact) mass is 231 g/mol. The molecule has 0 spiro atoms. The van der Waals surface area contributed by atoms with Crippen molar-refractivity contribution in [2.24, 2.45) is 0 Å². The van der Waals surface area contributed by atoms with Crippen molar-refractivity contribution >= 4 is 16.9 Å². The minimum atomic E-state index is -0.0820. The Labute approximate surface area is 100 Å². The molecule has 0 radical (unpaired) electrons. The Morgan fingerprint density at radius 2 is 2.24 bits per heavy atom. The lowest BCUT2D eigenvalue weighted by molar-refractivity contribution is -0.121. The van der Waals surface area contributed by atoms with Gasteiger partial charge in [0.1, 0.15) is 5.82 Å². The SMILES string of the molecule is CCCC(=O)NC(C)c1nc2ccccc2[nH]1. The summed E-state index contributed by atoms with van der Waals surface area (Å²) in [6.07, 6.45) is 1.42. The van der Waals surface area contributed by atoms with Crippen LogP contribution in [0.4, 0.5) is 0 Å². The van der Waals surface area contributed by atoms with E-state index in [-0.39, 0.29) is 11.9 Å². The molecular formula is C13H17N3O. The van der Waals surface area contributed by atoms with Crippen LogP contribution in [-0.4, -0.2) is 15.9 Å². The van der Waals surface area contributed by atoms with Crippen LogP contribution in [-0.2, 0) is 4.79 Å². The van der Waals surface area contributed by atoms with Crippen LogP contribution in [0, 0.1) is 0 Å². The first-order valence-corrected chi connectivity index (χ1v) is 5.94.